The Bertz CT molecular complexity index is 856. The molecule has 0 aliphatic rings. The molecule has 0 radical (unpaired) electrons. The van der Waals surface area contributed by atoms with Gasteiger partial charge in [-0.25, -0.2) is 0 Å². The molecule has 3 aromatic rings. The van der Waals surface area contributed by atoms with E-state index in [-0.39, 0.29) is 0 Å². The van der Waals surface area contributed by atoms with Crippen LogP contribution in [0.15, 0.2) is 46.9 Å². The van der Waals surface area contributed by atoms with Crippen molar-refractivity contribution in [3.63, 3.8) is 0 Å². The lowest BCUT2D eigenvalue weighted by Crippen LogP contribution is -1.94. The average molecular weight is 427 g/mol. The molecule has 0 unspecified atom stereocenters. The van der Waals surface area contributed by atoms with Crippen LogP contribution in [0.4, 0.5) is 0 Å². The zero-order valence-corrected chi connectivity index (χ0v) is 16.3. The van der Waals surface area contributed by atoms with Crippen LogP contribution < -0.4 is 5.73 Å². The van der Waals surface area contributed by atoms with Crippen molar-refractivity contribution in [3.05, 3.63) is 67.4 Å². The van der Waals surface area contributed by atoms with Crippen molar-refractivity contribution in [2.24, 2.45) is 5.73 Å². The van der Waals surface area contributed by atoms with Gasteiger partial charge in [-0.2, -0.15) is 0 Å². The smallest absolute Gasteiger partial charge is 0.0507 e. The van der Waals surface area contributed by atoms with Crippen molar-refractivity contribution < 1.29 is 0 Å². The van der Waals surface area contributed by atoms with Gasteiger partial charge in [0.1, 0.15) is 0 Å². The summed E-state index contributed by atoms with van der Waals surface area (Å²) in [5.41, 5.74) is 10.5. The van der Waals surface area contributed by atoms with E-state index >= 15 is 0 Å². The van der Waals surface area contributed by atoms with Crippen molar-refractivity contribution in [3.8, 4) is 21.6 Å². The summed E-state index contributed by atoms with van der Waals surface area (Å²) in [5.74, 6) is 0. The number of rotatable bonds is 3. The van der Waals surface area contributed by atoms with Crippen molar-refractivity contribution in [2.75, 3.05) is 0 Å². The topological polar surface area (TPSA) is 26.0 Å². The molecule has 0 amide bonds. The summed E-state index contributed by atoms with van der Waals surface area (Å²) in [4.78, 5) is 2.30. The van der Waals surface area contributed by atoms with E-state index in [1.807, 2.05) is 24.3 Å². The average Bonchev–Trinajstić information content (AvgIpc) is 2.85. The molecule has 3 rings (SSSR count). The zero-order chi connectivity index (χ0) is 16.6. The van der Waals surface area contributed by atoms with Gasteiger partial charge in [0.15, 0.2) is 0 Å². The molecular formula is C18H14BrCl2NS. The first-order valence-corrected chi connectivity index (χ1v) is 9.41. The molecule has 0 atom stereocenters. The summed E-state index contributed by atoms with van der Waals surface area (Å²) in [5, 5.41) is 1.29. The molecule has 5 heteroatoms. The first-order valence-electron chi connectivity index (χ1n) is 7.05. The molecule has 1 aromatic heterocycles. The van der Waals surface area contributed by atoms with Crippen LogP contribution in [0.2, 0.25) is 10.0 Å². The third-order valence-electron chi connectivity index (χ3n) is 3.74. The van der Waals surface area contributed by atoms with Gasteiger partial charge in [0.2, 0.25) is 0 Å². The van der Waals surface area contributed by atoms with Crippen LogP contribution in [0.1, 0.15) is 10.4 Å². The standard InChI is InChI=1S/C18H14BrCl2NS/c1-10-16(9-22)23-18(14-7-6-13(20)8-15(14)21)17(10)11-2-4-12(19)5-3-11/h2-8H,9,22H2,1H3. The van der Waals surface area contributed by atoms with E-state index in [2.05, 4.69) is 35.0 Å². The minimum Gasteiger partial charge on any atom is -0.326 e. The van der Waals surface area contributed by atoms with Gasteiger partial charge in [0.25, 0.3) is 0 Å². The van der Waals surface area contributed by atoms with Gasteiger partial charge in [-0.15, -0.1) is 11.3 Å². The summed E-state index contributed by atoms with van der Waals surface area (Å²) in [6.45, 7) is 2.63. The number of hydrogen-bond donors (Lipinski definition) is 1. The molecule has 0 spiro atoms. The third-order valence-corrected chi connectivity index (χ3v) is 6.16. The quantitative estimate of drug-likeness (QED) is 0.483. The Balaban J connectivity index is 2.26. The predicted octanol–water partition coefficient (Wildman–Crippen LogP) is 6.92. The van der Waals surface area contributed by atoms with E-state index in [9.17, 15) is 0 Å². The third kappa shape index (κ3) is 3.35. The number of thiophene rings is 1. The normalized spacial score (nSPS) is 11.0. The van der Waals surface area contributed by atoms with Gasteiger partial charge < -0.3 is 5.73 Å². The van der Waals surface area contributed by atoms with E-state index in [1.165, 1.54) is 16.0 Å². The first-order chi connectivity index (χ1) is 11.0. The molecule has 0 aliphatic heterocycles. The second-order valence-corrected chi connectivity index (χ2v) is 8.05. The Morgan fingerprint density at radius 3 is 2.39 bits per heavy atom. The van der Waals surface area contributed by atoms with Gasteiger partial charge in [0, 0.05) is 36.9 Å². The van der Waals surface area contributed by atoms with Crippen LogP contribution in [0.25, 0.3) is 21.6 Å². The predicted molar refractivity (Wildman–Crippen MR) is 106 cm³/mol. The minimum absolute atomic E-state index is 0.519. The van der Waals surface area contributed by atoms with Crippen LogP contribution in [-0.4, -0.2) is 0 Å². The Labute approximate surface area is 158 Å². The highest BCUT2D eigenvalue weighted by Gasteiger charge is 2.19. The minimum atomic E-state index is 0.519. The Kier molecular flexibility index (Phi) is 5.14. The second-order valence-electron chi connectivity index (χ2n) is 5.19. The molecular weight excluding hydrogens is 413 g/mol. The fraction of sp³-hybridized carbons (Fsp3) is 0.111. The van der Waals surface area contributed by atoms with E-state index in [0.717, 1.165) is 20.5 Å². The molecule has 0 aliphatic carbocycles. The van der Waals surface area contributed by atoms with Crippen LogP contribution in [0, 0.1) is 6.92 Å². The first kappa shape index (κ1) is 17.0. The lowest BCUT2D eigenvalue weighted by atomic mass is 9.98. The lowest BCUT2D eigenvalue weighted by molar-refractivity contribution is 1.09. The number of benzene rings is 2. The highest BCUT2D eigenvalue weighted by molar-refractivity contribution is 9.10. The molecule has 0 saturated heterocycles. The summed E-state index contributed by atoms with van der Waals surface area (Å²) in [6.07, 6.45) is 0. The van der Waals surface area contributed by atoms with Gasteiger partial charge >= 0.3 is 0 Å². The van der Waals surface area contributed by atoms with E-state index < -0.39 is 0 Å². The molecule has 0 fully saturated rings. The van der Waals surface area contributed by atoms with Crippen LogP contribution >= 0.6 is 50.5 Å². The summed E-state index contributed by atoms with van der Waals surface area (Å²) in [6, 6.07) is 13.9. The maximum absolute atomic E-state index is 6.44. The fourth-order valence-electron chi connectivity index (χ4n) is 2.58. The Morgan fingerprint density at radius 1 is 1.09 bits per heavy atom. The molecule has 1 heterocycles. The zero-order valence-electron chi connectivity index (χ0n) is 12.4. The van der Waals surface area contributed by atoms with E-state index in [0.29, 0.717) is 16.6 Å². The Morgan fingerprint density at radius 2 is 1.78 bits per heavy atom. The van der Waals surface area contributed by atoms with Crippen molar-refractivity contribution >= 4 is 50.5 Å². The number of nitrogens with two attached hydrogens (primary N) is 1. The van der Waals surface area contributed by atoms with Gasteiger partial charge in [0.05, 0.1) is 5.02 Å². The van der Waals surface area contributed by atoms with Gasteiger partial charge in [-0.1, -0.05) is 57.3 Å². The number of halogens is 3. The lowest BCUT2D eigenvalue weighted by Gasteiger charge is -2.09. The molecule has 23 heavy (non-hydrogen) atoms. The maximum Gasteiger partial charge on any atom is 0.0507 e. The maximum atomic E-state index is 6.44. The summed E-state index contributed by atoms with van der Waals surface area (Å²) in [7, 11) is 0. The largest absolute Gasteiger partial charge is 0.326 e. The second kappa shape index (κ2) is 6.96. The van der Waals surface area contributed by atoms with Crippen molar-refractivity contribution in [1.29, 1.82) is 0 Å². The fourth-order valence-corrected chi connectivity index (χ4v) is 4.65. The van der Waals surface area contributed by atoms with Crippen molar-refractivity contribution in [1.82, 2.24) is 0 Å². The molecule has 0 bridgehead atoms. The molecule has 2 aromatic carbocycles. The van der Waals surface area contributed by atoms with Crippen LogP contribution in [0.5, 0.6) is 0 Å². The van der Waals surface area contributed by atoms with Gasteiger partial charge in [-0.3, -0.25) is 0 Å². The SMILES string of the molecule is Cc1c(CN)sc(-c2ccc(Cl)cc2Cl)c1-c1ccc(Br)cc1. The highest BCUT2D eigenvalue weighted by atomic mass is 79.9. The molecule has 118 valence electrons. The summed E-state index contributed by atoms with van der Waals surface area (Å²) < 4.78 is 1.05. The van der Waals surface area contributed by atoms with E-state index in [1.54, 1.807) is 17.4 Å². The van der Waals surface area contributed by atoms with Gasteiger partial charge in [-0.05, 0) is 42.3 Å². The molecule has 1 nitrogen and oxygen atoms in total. The Hall–Kier alpha value is -0.840. The van der Waals surface area contributed by atoms with Crippen molar-refractivity contribution in [2.45, 2.75) is 13.5 Å². The van der Waals surface area contributed by atoms with Crippen LogP contribution in [0.3, 0.4) is 0 Å². The molecule has 0 saturated carbocycles. The highest BCUT2D eigenvalue weighted by Crippen LogP contribution is 2.45. The van der Waals surface area contributed by atoms with Crippen LogP contribution in [-0.2, 0) is 6.54 Å². The monoisotopic (exact) mass is 425 g/mol. The summed E-state index contributed by atoms with van der Waals surface area (Å²) >= 11 is 17.7. The van der Waals surface area contributed by atoms with E-state index in [4.69, 9.17) is 28.9 Å². The molecule has 2 N–H and O–H groups in total. The number of hydrogen-bond acceptors (Lipinski definition) is 2.